The number of rotatable bonds is 3. The van der Waals surface area contributed by atoms with Gasteiger partial charge in [-0.25, -0.2) is 0 Å². The first-order valence-electron chi connectivity index (χ1n) is 6.79. The molecule has 0 atom stereocenters. The van der Waals surface area contributed by atoms with Gasteiger partial charge in [0.1, 0.15) is 13.2 Å². The molecule has 0 radical (unpaired) electrons. The molecular formula is C15H12N4O3. The van der Waals surface area contributed by atoms with E-state index < -0.39 is 0 Å². The summed E-state index contributed by atoms with van der Waals surface area (Å²) in [5, 5.41) is 11.0. The number of aromatic nitrogens is 3. The van der Waals surface area contributed by atoms with Crippen molar-refractivity contribution in [1.29, 1.82) is 0 Å². The molecule has 1 aromatic carbocycles. The normalized spacial score (nSPS) is 12.9. The lowest BCUT2D eigenvalue weighted by Gasteiger charge is -2.18. The Kier molecular flexibility index (Phi) is 3.08. The summed E-state index contributed by atoms with van der Waals surface area (Å²) < 4.78 is 16.6. The van der Waals surface area contributed by atoms with E-state index in [1.165, 1.54) is 0 Å². The van der Waals surface area contributed by atoms with E-state index in [4.69, 9.17) is 13.9 Å². The maximum Gasteiger partial charge on any atom is 0.320 e. The molecule has 1 aliphatic heterocycles. The van der Waals surface area contributed by atoms with Crippen LogP contribution in [0.25, 0.3) is 11.5 Å². The molecule has 0 unspecified atom stereocenters. The maximum absolute atomic E-state index is 5.57. The summed E-state index contributed by atoms with van der Waals surface area (Å²) >= 11 is 0. The number of fused-ring (bicyclic) bond motifs is 1. The molecule has 1 aliphatic rings. The van der Waals surface area contributed by atoms with Crippen LogP contribution in [0.2, 0.25) is 0 Å². The first-order chi connectivity index (χ1) is 10.9. The summed E-state index contributed by atoms with van der Waals surface area (Å²) in [6.45, 7) is 1.11. The summed E-state index contributed by atoms with van der Waals surface area (Å²) in [7, 11) is 0. The highest BCUT2D eigenvalue weighted by Crippen LogP contribution is 2.33. The Labute approximate surface area is 125 Å². The van der Waals surface area contributed by atoms with Crippen molar-refractivity contribution in [3.63, 3.8) is 0 Å². The first kappa shape index (κ1) is 12.6. The van der Waals surface area contributed by atoms with Crippen LogP contribution in [0.4, 0.5) is 11.7 Å². The van der Waals surface area contributed by atoms with Gasteiger partial charge in [-0.05, 0) is 24.3 Å². The molecule has 7 nitrogen and oxygen atoms in total. The monoisotopic (exact) mass is 296 g/mol. The number of ether oxygens (including phenoxy) is 2. The first-order valence-corrected chi connectivity index (χ1v) is 6.79. The van der Waals surface area contributed by atoms with Crippen LogP contribution in [0, 0.1) is 0 Å². The molecule has 22 heavy (non-hydrogen) atoms. The number of benzene rings is 1. The van der Waals surface area contributed by atoms with Crippen LogP contribution in [0.3, 0.4) is 0 Å². The zero-order chi connectivity index (χ0) is 14.8. The molecule has 110 valence electrons. The molecule has 7 heteroatoms. The fourth-order valence-electron chi connectivity index (χ4n) is 2.12. The van der Waals surface area contributed by atoms with E-state index in [1.54, 1.807) is 12.4 Å². The third kappa shape index (κ3) is 2.44. The summed E-state index contributed by atoms with van der Waals surface area (Å²) in [4.78, 5) is 4.02. The van der Waals surface area contributed by atoms with Gasteiger partial charge in [0.2, 0.25) is 0 Å². The zero-order valence-electron chi connectivity index (χ0n) is 11.5. The predicted molar refractivity (Wildman–Crippen MR) is 78.2 cm³/mol. The molecule has 0 amide bonds. The molecular weight excluding hydrogens is 284 g/mol. The van der Waals surface area contributed by atoms with Crippen LogP contribution in [0.5, 0.6) is 11.5 Å². The number of nitrogens with one attached hydrogen (secondary N) is 1. The average Bonchev–Trinajstić information content (AvgIpc) is 3.04. The van der Waals surface area contributed by atoms with Crippen molar-refractivity contribution in [2.45, 2.75) is 0 Å². The van der Waals surface area contributed by atoms with Crippen molar-refractivity contribution in [1.82, 2.24) is 15.2 Å². The molecule has 0 saturated carbocycles. The van der Waals surface area contributed by atoms with Gasteiger partial charge in [-0.3, -0.25) is 4.98 Å². The number of nitrogens with zero attached hydrogens (tertiary/aromatic N) is 3. The Hall–Kier alpha value is -3.09. The maximum atomic E-state index is 5.57. The second-order valence-electron chi connectivity index (χ2n) is 4.64. The van der Waals surface area contributed by atoms with Gasteiger partial charge in [0.15, 0.2) is 11.5 Å². The van der Waals surface area contributed by atoms with Crippen LogP contribution in [0.15, 0.2) is 47.1 Å². The second-order valence-corrected chi connectivity index (χ2v) is 4.64. The lowest BCUT2D eigenvalue weighted by Crippen LogP contribution is -2.15. The Balaban J connectivity index is 1.55. The number of hydrogen-bond donors (Lipinski definition) is 1. The zero-order valence-corrected chi connectivity index (χ0v) is 11.5. The van der Waals surface area contributed by atoms with Gasteiger partial charge in [-0.1, -0.05) is 5.10 Å². The molecule has 4 rings (SSSR count). The van der Waals surface area contributed by atoms with E-state index in [0.717, 1.165) is 17.0 Å². The topological polar surface area (TPSA) is 82.3 Å². The van der Waals surface area contributed by atoms with Crippen LogP contribution in [-0.2, 0) is 0 Å². The van der Waals surface area contributed by atoms with E-state index in [9.17, 15) is 0 Å². The highest BCUT2D eigenvalue weighted by atomic mass is 16.6. The van der Waals surface area contributed by atoms with Crippen LogP contribution in [0.1, 0.15) is 0 Å². The van der Waals surface area contributed by atoms with Crippen molar-refractivity contribution >= 4 is 11.7 Å². The van der Waals surface area contributed by atoms with Crippen LogP contribution < -0.4 is 14.8 Å². The minimum Gasteiger partial charge on any atom is -0.486 e. The fraction of sp³-hybridized carbons (Fsp3) is 0.133. The Morgan fingerprint density at radius 1 is 1.00 bits per heavy atom. The lowest BCUT2D eigenvalue weighted by atomic mass is 10.2. The molecule has 0 bridgehead atoms. The minimum atomic E-state index is 0.301. The SMILES string of the molecule is c1cncc(-c2nnc(Nc3ccc4c(c3)OCCO4)o2)c1. The van der Waals surface area contributed by atoms with Gasteiger partial charge in [0, 0.05) is 24.1 Å². The van der Waals surface area contributed by atoms with Gasteiger partial charge in [0.25, 0.3) is 5.89 Å². The Morgan fingerprint density at radius 2 is 1.91 bits per heavy atom. The number of pyridine rings is 1. The average molecular weight is 296 g/mol. The lowest BCUT2D eigenvalue weighted by molar-refractivity contribution is 0.171. The highest BCUT2D eigenvalue weighted by molar-refractivity contribution is 5.60. The number of anilines is 2. The number of hydrogen-bond acceptors (Lipinski definition) is 7. The molecule has 3 heterocycles. The van der Waals surface area contributed by atoms with E-state index in [-0.39, 0.29) is 0 Å². The summed E-state index contributed by atoms with van der Waals surface area (Å²) in [5.74, 6) is 1.84. The van der Waals surface area contributed by atoms with Crippen molar-refractivity contribution in [2.75, 3.05) is 18.5 Å². The van der Waals surface area contributed by atoms with Crippen molar-refractivity contribution < 1.29 is 13.9 Å². The van der Waals surface area contributed by atoms with Gasteiger partial charge in [-0.15, -0.1) is 5.10 Å². The molecule has 0 saturated heterocycles. The second kappa shape index (κ2) is 5.36. The smallest absolute Gasteiger partial charge is 0.320 e. The quantitative estimate of drug-likeness (QED) is 0.795. The summed E-state index contributed by atoms with van der Waals surface area (Å²) in [6, 6.07) is 9.51. The molecule has 0 fully saturated rings. The van der Waals surface area contributed by atoms with Gasteiger partial charge < -0.3 is 19.2 Å². The molecule has 2 aromatic heterocycles. The van der Waals surface area contributed by atoms with Crippen LogP contribution >= 0.6 is 0 Å². The summed E-state index contributed by atoms with van der Waals surface area (Å²) in [5.41, 5.74) is 1.55. The fourth-order valence-corrected chi connectivity index (χ4v) is 2.12. The minimum absolute atomic E-state index is 0.301. The Morgan fingerprint density at radius 3 is 2.77 bits per heavy atom. The van der Waals surface area contributed by atoms with Crippen molar-refractivity contribution in [2.24, 2.45) is 0 Å². The van der Waals surface area contributed by atoms with E-state index in [2.05, 4.69) is 20.5 Å². The Bertz CT molecular complexity index is 788. The largest absolute Gasteiger partial charge is 0.486 e. The molecule has 0 spiro atoms. The van der Waals surface area contributed by atoms with Crippen molar-refractivity contribution in [3.8, 4) is 23.0 Å². The van der Waals surface area contributed by atoms with Crippen molar-refractivity contribution in [3.05, 3.63) is 42.7 Å². The third-order valence-electron chi connectivity index (χ3n) is 3.13. The molecule has 1 N–H and O–H groups in total. The van der Waals surface area contributed by atoms with E-state index in [0.29, 0.717) is 30.9 Å². The third-order valence-corrected chi connectivity index (χ3v) is 3.13. The molecule has 3 aromatic rings. The van der Waals surface area contributed by atoms with Gasteiger partial charge >= 0.3 is 6.01 Å². The van der Waals surface area contributed by atoms with Gasteiger partial charge in [0.05, 0.1) is 5.56 Å². The standard InChI is InChI=1S/C15H12N4O3/c1-2-10(9-16-5-1)14-18-19-15(22-14)17-11-3-4-12-13(8-11)21-7-6-20-12/h1-5,8-9H,6-7H2,(H,17,19). The predicted octanol–water partition coefficient (Wildman–Crippen LogP) is 2.65. The molecule has 0 aliphatic carbocycles. The van der Waals surface area contributed by atoms with Gasteiger partial charge in [-0.2, -0.15) is 0 Å². The highest BCUT2D eigenvalue weighted by Gasteiger charge is 2.13. The van der Waals surface area contributed by atoms with Crippen LogP contribution in [-0.4, -0.2) is 28.4 Å². The van der Waals surface area contributed by atoms with E-state index >= 15 is 0 Å². The van der Waals surface area contributed by atoms with E-state index in [1.807, 2.05) is 30.3 Å². The summed E-state index contributed by atoms with van der Waals surface area (Å²) in [6.07, 6.45) is 3.36.